The highest BCUT2D eigenvalue weighted by molar-refractivity contribution is 7.09. The number of hydrogen-bond donors (Lipinski definition) is 2. The van der Waals surface area contributed by atoms with Gasteiger partial charge >= 0.3 is 0 Å². The van der Waals surface area contributed by atoms with Crippen LogP contribution < -0.4 is 10.6 Å². The summed E-state index contributed by atoms with van der Waals surface area (Å²) in [7, 11) is 0. The fourth-order valence-electron chi connectivity index (χ4n) is 1.49. The smallest absolute Gasteiger partial charge is 0.283 e. The summed E-state index contributed by atoms with van der Waals surface area (Å²) in [5.74, 6) is 1.08. The molecule has 0 saturated carbocycles. The van der Waals surface area contributed by atoms with Crippen molar-refractivity contribution in [3.05, 3.63) is 34.2 Å². The van der Waals surface area contributed by atoms with Crippen molar-refractivity contribution in [2.45, 2.75) is 26.4 Å². The van der Waals surface area contributed by atoms with Crippen molar-refractivity contribution < 1.29 is 14.6 Å². The summed E-state index contributed by atoms with van der Waals surface area (Å²) in [5, 5.41) is 10.5. The Morgan fingerprint density at radius 1 is 1.67 bits per heavy atom. The maximum absolute atomic E-state index is 11.9. The fourth-order valence-corrected chi connectivity index (χ4v) is 2.18. The molecule has 0 bridgehead atoms. The van der Waals surface area contributed by atoms with Crippen LogP contribution in [0, 0.1) is 6.92 Å². The van der Waals surface area contributed by atoms with E-state index in [0.29, 0.717) is 11.6 Å². The van der Waals surface area contributed by atoms with Crippen molar-refractivity contribution in [3.8, 4) is 0 Å². The summed E-state index contributed by atoms with van der Waals surface area (Å²) in [4.78, 5) is 13.1. The molecule has 3 N–H and O–H groups in total. The third-order valence-corrected chi connectivity index (χ3v) is 3.44. The SMILES string of the molecule is Cc1cc(NC(=O)[C@@H](C)[NH2+]Cc2cccs2)no1. The predicted octanol–water partition coefficient (Wildman–Crippen LogP) is 1.14. The first-order valence-electron chi connectivity index (χ1n) is 5.75. The lowest BCUT2D eigenvalue weighted by Crippen LogP contribution is -2.90. The van der Waals surface area contributed by atoms with Gasteiger partial charge in [0, 0.05) is 6.07 Å². The molecule has 0 aliphatic rings. The quantitative estimate of drug-likeness (QED) is 0.852. The van der Waals surface area contributed by atoms with Crippen LogP contribution in [0.3, 0.4) is 0 Å². The molecule has 6 heteroatoms. The van der Waals surface area contributed by atoms with Crippen molar-refractivity contribution in [2.24, 2.45) is 0 Å². The third kappa shape index (κ3) is 3.41. The van der Waals surface area contributed by atoms with Gasteiger partial charge in [0.2, 0.25) is 0 Å². The molecule has 2 aromatic rings. The molecule has 18 heavy (non-hydrogen) atoms. The minimum atomic E-state index is -0.163. The Bertz CT molecular complexity index is 507. The molecule has 2 heterocycles. The van der Waals surface area contributed by atoms with Gasteiger partial charge in [-0.2, -0.15) is 0 Å². The summed E-state index contributed by atoms with van der Waals surface area (Å²) in [5.41, 5.74) is 0. The van der Waals surface area contributed by atoms with E-state index >= 15 is 0 Å². The molecule has 0 aliphatic heterocycles. The van der Waals surface area contributed by atoms with Gasteiger partial charge in [-0.25, -0.2) is 0 Å². The van der Waals surface area contributed by atoms with Crippen molar-refractivity contribution >= 4 is 23.1 Å². The zero-order chi connectivity index (χ0) is 13.0. The molecule has 0 radical (unpaired) electrons. The lowest BCUT2D eigenvalue weighted by Gasteiger charge is -2.08. The standard InChI is InChI=1S/C12H15N3O2S/c1-8-6-11(15-17-8)14-12(16)9(2)13-7-10-4-3-5-18-10/h3-6,9,13H,7H2,1-2H3,(H,14,15,16)/p+1/t9-/m1/s1. The first-order valence-corrected chi connectivity index (χ1v) is 6.63. The van der Waals surface area contributed by atoms with E-state index in [1.807, 2.05) is 23.7 Å². The Hall–Kier alpha value is -1.66. The normalized spacial score (nSPS) is 12.3. The maximum atomic E-state index is 11.9. The Balaban J connectivity index is 1.81. The topological polar surface area (TPSA) is 71.7 Å². The van der Waals surface area contributed by atoms with Crippen LogP contribution >= 0.6 is 11.3 Å². The molecule has 2 aromatic heterocycles. The molecular formula is C12H16N3O2S+. The summed E-state index contributed by atoms with van der Waals surface area (Å²) in [6, 6.07) is 5.61. The second-order valence-corrected chi connectivity index (χ2v) is 5.15. The Morgan fingerprint density at radius 3 is 3.11 bits per heavy atom. The molecule has 0 unspecified atom stereocenters. The van der Waals surface area contributed by atoms with Gasteiger partial charge in [0.15, 0.2) is 11.9 Å². The molecule has 0 aliphatic carbocycles. The van der Waals surface area contributed by atoms with Crippen molar-refractivity contribution in [2.75, 3.05) is 5.32 Å². The van der Waals surface area contributed by atoms with E-state index in [-0.39, 0.29) is 11.9 Å². The third-order valence-electron chi connectivity index (χ3n) is 2.55. The Kier molecular flexibility index (Phi) is 4.11. The van der Waals surface area contributed by atoms with Gasteiger partial charge in [-0.15, -0.1) is 11.3 Å². The average Bonchev–Trinajstić information content (AvgIpc) is 2.97. The van der Waals surface area contributed by atoms with E-state index in [1.54, 1.807) is 24.3 Å². The average molecular weight is 266 g/mol. The molecule has 2 rings (SSSR count). The highest BCUT2D eigenvalue weighted by Crippen LogP contribution is 2.07. The monoisotopic (exact) mass is 266 g/mol. The van der Waals surface area contributed by atoms with Crippen molar-refractivity contribution in [1.82, 2.24) is 5.16 Å². The van der Waals surface area contributed by atoms with Gasteiger partial charge in [-0.3, -0.25) is 4.79 Å². The number of nitrogens with one attached hydrogen (secondary N) is 1. The van der Waals surface area contributed by atoms with Crippen LogP contribution in [-0.4, -0.2) is 17.1 Å². The van der Waals surface area contributed by atoms with Crippen LogP contribution in [0.4, 0.5) is 5.82 Å². The Morgan fingerprint density at radius 2 is 2.50 bits per heavy atom. The van der Waals surface area contributed by atoms with E-state index < -0.39 is 0 Å². The fraction of sp³-hybridized carbons (Fsp3) is 0.333. The van der Waals surface area contributed by atoms with Crippen LogP contribution in [0.2, 0.25) is 0 Å². The molecule has 0 fully saturated rings. The zero-order valence-electron chi connectivity index (χ0n) is 10.3. The number of aromatic nitrogens is 1. The van der Waals surface area contributed by atoms with Gasteiger partial charge in [0.1, 0.15) is 12.3 Å². The highest BCUT2D eigenvalue weighted by atomic mass is 32.1. The molecule has 1 atom stereocenters. The second-order valence-electron chi connectivity index (χ2n) is 4.12. The summed E-state index contributed by atoms with van der Waals surface area (Å²) in [6.07, 6.45) is 0. The van der Waals surface area contributed by atoms with Crippen LogP contribution in [0.15, 0.2) is 28.1 Å². The second kappa shape index (κ2) is 5.79. The summed E-state index contributed by atoms with van der Waals surface area (Å²) >= 11 is 1.69. The summed E-state index contributed by atoms with van der Waals surface area (Å²) in [6.45, 7) is 4.47. The largest absolute Gasteiger partial charge is 0.360 e. The molecular weight excluding hydrogens is 250 g/mol. The number of quaternary nitrogens is 1. The Labute approximate surface area is 109 Å². The number of carbonyl (C=O) groups is 1. The molecule has 5 nitrogen and oxygen atoms in total. The number of nitrogens with zero attached hydrogens (tertiary/aromatic N) is 1. The predicted molar refractivity (Wildman–Crippen MR) is 69.3 cm³/mol. The van der Waals surface area contributed by atoms with Crippen LogP contribution in [0.1, 0.15) is 17.6 Å². The molecule has 0 aromatic carbocycles. The van der Waals surface area contributed by atoms with E-state index in [2.05, 4.69) is 16.5 Å². The minimum absolute atomic E-state index is 0.0696. The van der Waals surface area contributed by atoms with Crippen LogP contribution in [-0.2, 0) is 11.3 Å². The van der Waals surface area contributed by atoms with Gasteiger partial charge in [0.25, 0.3) is 5.91 Å². The van der Waals surface area contributed by atoms with Crippen LogP contribution in [0.25, 0.3) is 0 Å². The van der Waals surface area contributed by atoms with Crippen molar-refractivity contribution in [3.63, 3.8) is 0 Å². The molecule has 0 saturated heterocycles. The number of aryl methyl sites for hydroxylation is 1. The van der Waals surface area contributed by atoms with Crippen LogP contribution in [0.5, 0.6) is 0 Å². The first-order chi connectivity index (χ1) is 8.65. The van der Waals surface area contributed by atoms with E-state index in [0.717, 1.165) is 6.54 Å². The minimum Gasteiger partial charge on any atom is -0.360 e. The van der Waals surface area contributed by atoms with Gasteiger partial charge in [-0.05, 0) is 25.3 Å². The number of hydrogen-bond acceptors (Lipinski definition) is 4. The number of amides is 1. The van der Waals surface area contributed by atoms with E-state index in [1.165, 1.54) is 4.88 Å². The first kappa shape index (κ1) is 12.8. The van der Waals surface area contributed by atoms with E-state index in [9.17, 15) is 4.79 Å². The number of rotatable bonds is 5. The van der Waals surface area contributed by atoms with Crippen molar-refractivity contribution in [1.29, 1.82) is 0 Å². The zero-order valence-corrected chi connectivity index (χ0v) is 11.2. The van der Waals surface area contributed by atoms with Gasteiger partial charge < -0.3 is 15.2 Å². The number of thiophene rings is 1. The molecule has 1 amide bonds. The lowest BCUT2D eigenvalue weighted by molar-refractivity contribution is -0.688. The molecule has 96 valence electrons. The number of nitrogens with two attached hydrogens (primary N) is 1. The summed E-state index contributed by atoms with van der Waals surface area (Å²) < 4.78 is 4.89. The number of anilines is 1. The van der Waals surface area contributed by atoms with Gasteiger partial charge in [-0.1, -0.05) is 11.2 Å². The number of carbonyl (C=O) groups excluding carboxylic acids is 1. The van der Waals surface area contributed by atoms with E-state index in [4.69, 9.17) is 4.52 Å². The van der Waals surface area contributed by atoms with Gasteiger partial charge in [0.05, 0.1) is 4.88 Å². The highest BCUT2D eigenvalue weighted by Gasteiger charge is 2.17. The lowest BCUT2D eigenvalue weighted by atomic mass is 10.3. The maximum Gasteiger partial charge on any atom is 0.283 e. The molecule has 0 spiro atoms.